The van der Waals surface area contributed by atoms with Gasteiger partial charge in [-0.15, -0.1) is 0 Å². The number of halogens is 1. The lowest BCUT2D eigenvalue weighted by Gasteiger charge is -2.32. The second-order valence-electron chi connectivity index (χ2n) is 5.58. The molecule has 2 aliphatic heterocycles. The Labute approximate surface area is 137 Å². The summed E-state index contributed by atoms with van der Waals surface area (Å²) in [7, 11) is 0. The average molecular weight is 341 g/mol. The van der Waals surface area contributed by atoms with Crippen LogP contribution < -0.4 is 16.1 Å². The van der Waals surface area contributed by atoms with Crippen molar-refractivity contribution in [1.29, 1.82) is 0 Å². The summed E-state index contributed by atoms with van der Waals surface area (Å²) in [6, 6.07) is -0.423. The van der Waals surface area contributed by atoms with Gasteiger partial charge in [-0.1, -0.05) is 0 Å². The van der Waals surface area contributed by atoms with Crippen molar-refractivity contribution in [2.24, 2.45) is 5.73 Å². The molecular weight excluding hydrogens is 324 g/mol. The molecule has 4 N–H and O–H groups in total. The highest BCUT2D eigenvalue weighted by Crippen LogP contribution is 2.32. The predicted octanol–water partition coefficient (Wildman–Crippen LogP) is 0.125. The Morgan fingerprint density at radius 2 is 2.13 bits per heavy atom. The van der Waals surface area contributed by atoms with E-state index in [1.165, 1.54) is 0 Å². The number of amides is 2. The third-order valence-corrected chi connectivity index (χ3v) is 4.29. The van der Waals surface area contributed by atoms with Gasteiger partial charge < -0.3 is 15.7 Å². The molecule has 0 unspecified atom stereocenters. The lowest BCUT2D eigenvalue weighted by atomic mass is 10.1. The standard InChI is InChI=1S/C13H17ClN6O3/c14-12-16-8-3-5-19(18-13(22)23)6-7(8)11(17-12)20-4-1-2-9(20)10(15)21/h9,18H,1-6H2,(H2,15,21)(H,22,23)/t9-/m0/s1. The summed E-state index contributed by atoms with van der Waals surface area (Å²) < 4.78 is 0. The molecule has 3 heterocycles. The minimum atomic E-state index is -1.12. The number of carboxylic acid groups (broad SMARTS) is 1. The molecule has 10 heteroatoms. The van der Waals surface area contributed by atoms with Crippen molar-refractivity contribution in [2.45, 2.75) is 31.8 Å². The fourth-order valence-corrected chi connectivity index (χ4v) is 3.33. The zero-order chi connectivity index (χ0) is 16.6. The Morgan fingerprint density at radius 3 is 2.83 bits per heavy atom. The van der Waals surface area contributed by atoms with E-state index in [1.54, 1.807) is 5.01 Å². The van der Waals surface area contributed by atoms with Crippen molar-refractivity contribution in [3.8, 4) is 0 Å². The first-order valence-electron chi connectivity index (χ1n) is 7.31. The first kappa shape index (κ1) is 15.8. The number of hydrogen-bond acceptors (Lipinski definition) is 6. The van der Waals surface area contributed by atoms with Gasteiger partial charge in [0, 0.05) is 31.6 Å². The highest BCUT2D eigenvalue weighted by Gasteiger charge is 2.34. The molecule has 0 bridgehead atoms. The number of hydrazine groups is 1. The van der Waals surface area contributed by atoms with Crippen LogP contribution in [0.1, 0.15) is 24.1 Å². The molecule has 2 aliphatic rings. The van der Waals surface area contributed by atoms with Gasteiger partial charge in [0.05, 0.1) is 5.69 Å². The Hall–Kier alpha value is -2.13. The largest absolute Gasteiger partial charge is 0.464 e. The van der Waals surface area contributed by atoms with E-state index in [1.807, 2.05) is 4.90 Å². The molecule has 124 valence electrons. The molecule has 0 aromatic carbocycles. The van der Waals surface area contributed by atoms with Gasteiger partial charge in [-0.3, -0.25) is 10.2 Å². The number of nitrogens with zero attached hydrogens (tertiary/aromatic N) is 4. The molecule has 0 aliphatic carbocycles. The van der Waals surface area contributed by atoms with E-state index in [2.05, 4.69) is 15.4 Å². The number of fused-ring (bicyclic) bond motifs is 1. The first-order valence-corrected chi connectivity index (χ1v) is 7.69. The molecule has 1 aromatic rings. The van der Waals surface area contributed by atoms with Crippen LogP contribution in [-0.4, -0.2) is 51.2 Å². The normalized spacial score (nSPS) is 21.1. The van der Waals surface area contributed by atoms with Crippen molar-refractivity contribution < 1.29 is 14.7 Å². The van der Waals surface area contributed by atoms with Crippen LogP contribution in [0.15, 0.2) is 0 Å². The number of anilines is 1. The summed E-state index contributed by atoms with van der Waals surface area (Å²) in [6.07, 6.45) is 0.921. The van der Waals surface area contributed by atoms with E-state index in [9.17, 15) is 9.59 Å². The van der Waals surface area contributed by atoms with E-state index in [4.69, 9.17) is 22.4 Å². The van der Waals surface area contributed by atoms with Crippen molar-refractivity contribution in [3.05, 3.63) is 16.5 Å². The fourth-order valence-electron chi connectivity index (χ4n) is 3.15. The molecule has 1 fully saturated rings. The van der Waals surface area contributed by atoms with E-state index in [-0.39, 0.29) is 5.28 Å². The number of hydrogen-bond donors (Lipinski definition) is 3. The smallest absolute Gasteiger partial charge is 0.419 e. The van der Waals surface area contributed by atoms with Crippen LogP contribution in [0.3, 0.4) is 0 Å². The fraction of sp³-hybridized carbons (Fsp3) is 0.538. The van der Waals surface area contributed by atoms with Gasteiger partial charge in [0.15, 0.2) is 0 Å². The highest BCUT2D eigenvalue weighted by atomic mass is 35.5. The number of carbonyl (C=O) groups excluding carboxylic acids is 1. The maximum atomic E-state index is 11.7. The molecule has 0 spiro atoms. The molecule has 0 saturated carbocycles. The lowest BCUT2D eigenvalue weighted by Crippen LogP contribution is -2.46. The van der Waals surface area contributed by atoms with E-state index < -0.39 is 18.0 Å². The van der Waals surface area contributed by atoms with Gasteiger partial charge in [0.25, 0.3) is 0 Å². The van der Waals surface area contributed by atoms with Crippen LogP contribution in [0, 0.1) is 0 Å². The molecule has 2 amide bonds. The summed E-state index contributed by atoms with van der Waals surface area (Å²) in [5.41, 5.74) is 9.37. The van der Waals surface area contributed by atoms with Gasteiger partial charge >= 0.3 is 6.09 Å². The summed E-state index contributed by atoms with van der Waals surface area (Å²) >= 11 is 6.02. The van der Waals surface area contributed by atoms with Crippen LogP contribution in [0.25, 0.3) is 0 Å². The minimum Gasteiger partial charge on any atom is -0.464 e. The number of primary amides is 1. The second kappa shape index (κ2) is 6.17. The number of carbonyl (C=O) groups is 2. The Kier molecular flexibility index (Phi) is 4.22. The Balaban J connectivity index is 1.96. The van der Waals surface area contributed by atoms with Gasteiger partial charge in [-0.05, 0) is 24.4 Å². The zero-order valence-electron chi connectivity index (χ0n) is 12.3. The van der Waals surface area contributed by atoms with E-state index >= 15 is 0 Å². The van der Waals surface area contributed by atoms with Crippen LogP contribution in [0.2, 0.25) is 5.28 Å². The molecule has 1 saturated heterocycles. The van der Waals surface area contributed by atoms with Crippen molar-refractivity contribution in [2.75, 3.05) is 18.0 Å². The zero-order valence-corrected chi connectivity index (χ0v) is 13.1. The monoisotopic (exact) mass is 340 g/mol. The van der Waals surface area contributed by atoms with Gasteiger partial charge in [0.1, 0.15) is 11.9 Å². The number of nitrogens with two attached hydrogens (primary N) is 1. The quantitative estimate of drug-likeness (QED) is 0.667. The van der Waals surface area contributed by atoms with E-state index in [0.717, 1.165) is 17.7 Å². The molecule has 23 heavy (non-hydrogen) atoms. The maximum Gasteiger partial charge on any atom is 0.419 e. The molecule has 9 nitrogen and oxygen atoms in total. The summed E-state index contributed by atoms with van der Waals surface area (Å²) in [5.74, 6) is 0.167. The molecule has 3 rings (SSSR count). The Bertz CT molecular complexity index is 655. The van der Waals surface area contributed by atoms with Crippen molar-refractivity contribution in [3.63, 3.8) is 0 Å². The lowest BCUT2D eigenvalue weighted by molar-refractivity contribution is -0.119. The van der Waals surface area contributed by atoms with Gasteiger partial charge in [-0.25, -0.2) is 19.8 Å². The Morgan fingerprint density at radius 1 is 1.35 bits per heavy atom. The molecular formula is C13H17ClN6O3. The average Bonchev–Trinajstić information content (AvgIpc) is 2.95. The first-order chi connectivity index (χ1) is 11.0. The highest BCUT2D eigenvalue weighted by molar-refractivity contribution is 6.28. The topological polar surface area (TPSA) is 125 Å². The van der Waals surface area contributed by atoms with Gasteiger partial charge in [0.2, 0.25) is 11.2 Å². The third kappa shape index (κ3) is 3.15. The van der Waals surface area contributed by atoms with Crippen LogP contribution in [0.5, 0.6) is 0 Å². The van der Waals surface area contributed by atoms with Crippen LogP contribution in [-0.2, 0) is 17.8 Å². The number of aromatic nitrogens is 2. The molecule has 1 atom stereocenters. The third-order valence-electron chi connectivity index (χ3n) is 4.12. The second-order valence-corrected chi connectivity index (χ2v) is 5.92. The number of nitrogens with one attached hydrogen (secondary N) is 1. The molecule has 1 aromatic heterocycles. The van der Waals surface area contributed by atoms with Crippen LogP contribution >= 0.6 is 11.6 Å². The number of rotatable bonds is 3. The van der Waals surface area contributed by atoms with Gasteiger partial charge in [-0.2, -0.15) is 0 Å². The summed E-state index contributed by atoms with van der Waals surface area (Å²) in [6.45, 7) is 1.46. The molecule has 0 radical (unpaired) electrons. The predicted molar refractivity (Wildman–Crippen MR) is 81.9 cm³/mol. The SMILES string of the molecule is NC(=O)[C@@H]1CCCN1c1nc(Cl)nc2c1CN(NC(=O)O)CC2. The maximum absolute atomic E-state index is 11.7. The minimum absolute atomic E-state index is 0.119. The van der Waals surface area contributed by atoms with Crippen LogP contribution in [0.4, 0.5) is 10.6 Å². The van der Waals surface area contributed by atoms with Crippen molar-refractivity contribution in [1.82, 2.24) is 20.4 Å². The van der Waals surface area contributed by atoms with E-state index in [0.29, 0.717) is 38.3 Å². The summed E-state index contributed by atoms with van der Waals surface area (Å²) in [4.78, 5) is 32.9. The van der Waals surface area contributed by atoms with Crippen molar-refractivity contribution >= 4 is 29.4 Å². The summed E-state index contributed by atoms with van der Waals surface area (Å²) in [5, 5.41) is 10.6.